The van der Waals surface area contributed by atoms with Crippen molar-refractivity contribution in [3.8, 4) is 0 Å². The summed E-state index contributed by atoms with van der Waals surface area (Å²) in [5.41, 5.74) is 2.02. The van der Waals surface area contributed by atoms with Crippen molar-refractivity contribution in [1.29, 1.82) is 0 Å². The van der Waals surface area contributed by atoms with Crippen molar-refractivity contribution < 1.29 is 14.3 Å². The second-order valence-corrected chi connectivity index (χ2v) is 5.93. The molecular formula is C18H26N2O3. The highest BCUT2D eigenvalue weighted by Crippen LogP contribution is 2.18. The molecule has 1 saturated heterocycles. The smallest absolute Gasteiger partial charge is 0.310 e. The van der Waals surface area contributed by atoms with E-state index in [1.54, 1.807) is 0 Å². The fourth-order valence-electron chi connectivity index (χ4n) is 2.92. The summed E-state index contributed by atoms with van der Waals surface area (Å²) in [6.45, 7) is 6.07. The fraction of sp³-hybridized carbons (Fsp3) is 0.556. The van der Waals surface area contributed by atoms with Crippen LogP contribution in [0.4, 0.5) is 5.69 Å². The first-order valence-electron chi connectivity index (χ1n) is 8.40. The number of nitrogens with zero attached hydrogens (tertiary/aromatic N) is 1. The van der Waals surface area contributed by atoms with E-state index in [1.807, 2.05) is 36.1 Å². The van der Waals surface area contributed by atoms with Crippen LogP contribution in [0.1, 0.15) is 32.3 Å². The molecule has 5 nitrogen and oxygen atoms in total. The molecule has 1 atom stereocenters. The number of esters is 1. The SMILES string of the molecule is CCOC(=O)C1CCCN(CC(=O)Nc2cccc(CC)c2)C1. The van der Waals surface area contributed by atoms with Crippen LogP contribution in [0.3, 0.4) is 0 Å². The largest absolute Gasteiger partial charge is 0.466 e. The van der Waals surface area contributed by atoms with Gasteiger partial charge < -0.3 is 10.1 Å². The van der Waals surface area contributed by atoms with Crippen LogP contribution in [0.15, 0.2) is 24.3 Å². The van der Waals surface area contributed by atoms with Crippen molar-refractivity contribution >= 4 is 17.6 Å². The van der Waals surface area contributed by atoms with Crippen LogP contribution in [0.2, 0.25) is 0 Å². The van der Waals surface area contributed by atoms with E-state index in [2.05, 4.69) is 12.2 Å². The van der Waals surface area contributed by atoms with Gasteiger partial charge in [0.25, 0.3) is 0 Å². The molecule has 1 aromatic carbocycles. The minimum atomic E-state index is -0.145. The standard InChI is InChI=1S/C18H26N2O3/c1-3-14-7-5-9-16(11-14)19-17(21)13-20-10-6-8-15(12-20)18(22)23-4-2/h5,7,9,11,15H,3-4,6,8,10,12-13H2,1-2H3,(H,19,21). The number of likely N-dealkylation sites (tertiary alicyclic amines) is 1. The molecule has 1 N–H and O–H groups in total. The van der Waals surface area contributed by atoms with Crippen LogP contribution in [0.5, 0.6) is 0 Å². The van der Waals surface area contributed by atoms with E-state index in [-0.39, 0.29) is 17.8 Å². The molecule has 126 valence electrons. The molecule has 1 aliphatic heterocycles. The molecule has 1 amide bonds. The monoisotopic (exact) mass is 318 g/mol. The Hall–Kier alpha value is -1.88. The van der Waals surface area contributed by atoms with Gasteiger partial charge in [0.1, 0.15) is 0 Å². The maximum Gasteiger partial charge on any atom is 0.310 e. The van der Waals surface area contributed by atoms with Crippen LogP contribution in [-0.2, 0) is 20.7 Å². The van der Waals surface area contributed by atoms with Gasteiger partial charge in [0.2, 0.25) is 5.91 Å². The molecule has 0 aliphatic carbocycles. The summed E-state index contributed by atoms with van der Waals surface area (Å²) in [4.78, 5) is 26.1. The number of aryl methyl sites for hydroxylation is 1. The van der Waals surface area contributed by atoms with Crippen LogP contribution >= 0.6 is 0 Å². The summed E-state index contributed by atoms with van der Waals surface area (Å²) in [7, 11) is 0. The number of rotatable bonds is 6. The van der Waals surface area contributed by atoms with Gasteiger partial charge in [-0.2, -0.15) is 0 Å². The lowest BCUT2D eigenvalue weighted by Crippen LogP contribution is -2.43. The second kappa shape index (κ2) is 8.67. The fourth-order valence-corrected chi connectivity index (χ4v) is 2.92. The lowest BCUT2D eigenvalue weighted by molar-refractivity contribution is -0.150. The van der Waals surface area contributed by atoms with Gasteiger partial charge in [-0.1, -0.05) is 19.1 Å². The topological polar surface area (TPSA) is 58.6 Å². The second-order valence-electron chi connectivity index (χ2n) is 5.93. The number of ether oxygens (including phenoxy) is 1. The molecule has 2 rings (SSSR count). The summed E-state index contributed by atoms with van der Waals surface area (Å²) in [5, 5.41) is 2.94. The maximum atomic E-state index is 12.2. The molecule has 0 spiro atoms. The Kier molecular flexibility index (Phi) is 6.59. The van der Waals surface area contributed by atoms with Crippen LogP contribution in [0.25, 0.3) is 0 Å². The normalized spacial score (nSPS) is 18.4. The average molecular weight is 318 g/mol. The van der Waals surface area contributed by atoms with E-state index in [0.717, 1.165) is 31.5 Å². The highest BCUT2D eigenvalue weighted by molar-refractivity contribution is 5.92. The minimum absolute atomic E-state index is 0.0391. The van der Waals surface area contributed by atoms with Crippen molar-refractivity contribution in [1.82, 2.24) is 4.90 Å². The summed E-state index contributed by atoms with van der Waals surface area (Å²) >= 11 is 0. The molecule has 23 heavy (non-hydrogen) atoms. The third-order valence-electron chi connectivity index (χ3n) is 4.11. The number of carbonyl (C=O) groups excluding carboxylic acids is 2. The zero-order valence-corrected chi connectivity index (χ0v) is 14.0. The number of benzene rings is 1. The van der Waals surface area contributed by atoms with Gasteiger partial charge >= 0.3 is 5.97 Å². The van der Waals surface area contributed by atoms with Crippen LogP contribution in [-0.4, -0.2) is 43.0 Å². The van der Waals surface area contributed by atoms with Gasteiger partial charge in [-0.3, -0.25) is 14.5 Å². The Labute approximate surface area is 138 Å². The first kappa shape index (κ1) is 17.5. The Morgan fingerprint density at radius 3 is 2.91 bits per heavy atom. The summed E-state index contributed by atoms with van der Waals surface area (Å²) in [6, 6.07) is 7.89. The van der Waals surface area contributed by atoms with Gasteiger partial charge in [0.15, 0.2) is 0 Å². The molecule has 5 heteroatoms. The molecule has 1 aromatic rings. The van der Waals surface area contributed by atoms with Crippen molar-refractivity contribution in [2.75, 3.05) is 31.6 Å². The third kappa shape index (κ3) is 5.36. The number of nitrogens with one attached hydrogen (secondary N) is 1. The first-order valence-corrected chi connectivity index (χ1v) is 8.40. The summed E-state index contributed by atoms with van der Waals surface area (Å²) < 4.78 is 5.09. The van der Waals surface area contributed by atoms with E-state index in [9.17, 15) is 9.59 Å². The van der Waals surface area contributed by atoms with E-state index in [4.69, 9.17) is 4.74 Å². The van der Waals surface area contributed by atoms with Crippen molar-refractivity contribution in [3.63, 3.8) is 0 Å². The first-order chi connectivity index (χ1) is 11.1. The summed E-state index contributed by atoms with van der Waals surface area (Å²) in [6.07, 6.45) is 2.70. The molecule has 0 aromatic heterocycles. The zero-order chi connectivity index (χ0) is 16.7. The molecular weight excluding hydrogens is 292 g/mol. The quantitative estimate of drug-likeness (QED) is 0.819. The Morgan fingerprint density at radius 2 is 2.17 bits per heavy atom. The van der Waals surface area contributed by atoms with E-state index < -0.39 is 0 Å². The third-order valence-corrected chi connectivity index (χ3v) is 4.11. The molecule has 1 heterocycles. The Balaban J connectivity index is 1.85. The van der Waals surface area contributed by atoms with Crippen LogP contribution in [0, 0.1) is 5.92 Å². The number of anilines is 1. The van der Waals surface area contributed by atoms with Gasteiger partial charge in [0.05, 0.1) is 19.1 Å². The molecule has 1 aliphatic rings. The van der Waals surface area contributed by atoms with Gasteiger partial charge in [0, 0.05) is 12.2 Å². The molecule has 1 fully saturated rings. The highest BCUT2D eigenvalue weighted by atomic mass is 16.5. The molecule has 0 radical (unpaired) electrons. The van der Waals surface area contributed by atoms with Crippen molar-refractivity contribution in [3.05, 3.63) is 29.8 Å². The predicted octanol–water partition coefficient (Wildman–Crippen LogP) is 2.46. The maximum absolute atomic E-state index is 12.2. The van der Waals surface area contributed by atoms with Gasteiger partial charge in [-0.25, -0.2) is 0 Å². The van der Waals surface area contributed by atoms with E-state index in [0.29, 0.717) is 19.7 Å². The zero-order valence-electron chi connectivity index (χ0n) is 14.0. The molecule has 0 bridgehead atoms. The van der Waals surface area contributed by atoms with Crippen LogP contribution < -0.4 is 5.32 Å². The summed E-state index contributed by atoms with van der Waals surface area (Å²) in [5.74, 6) is -0.295. The number of hydrogen-bond acceptors (Lipinski definition) is 4. The molecule has 0 saturated carbocycles. The van der Waals surface area contributed by atoms with Gasteiger partial charge in [-0.05, 0) is 50.4 Å². The Morgan fingerprint density at radius 1 is 1.35 bits per heavy atom. The van der Waals surface area contributed by atoms with E-state index in [1.165, 1.54) is 5.56 Å². The number of amides is 1. The van der Waals surface area contributed by atoms with Gasteiger partial charge in [-0.15, -0.1) is 0 Å². The molecule has 1 unspecified atom stereocenters. The lowest BCUT2D eigenvalue weighted by Gasteiger charge is -2.30. The average Bonchev–Trinajstić information content (AvgIpc) is 2.55. The van der Waals surface area contributed by atoms with Crippen molar-refractivity contribution in [2.24, 2.45) is 5.92 Å². The Bertz CT molecular complexity index is 545. The van der Waals surface area contributed by atoms with Crippen molar-refractivity contribution in [2.45, 2.75) is 33.1 Å². The lowest BCUT2D eigenvalue weighted by atomic mass is 9.98. The predicted molar refractivity (Wildman–Crippen MR) is 90.2 cm³/mol. The highest BCUT2D eigenvalue weighted by Gasteiger charge is 2.27. The number of hydrogen-bond donors (Lipinski definition) is 1. The number of carbonyl (C=O) groups is 2. The minimum Gasteiger partial charge on any atom is -0.466 e. The number of piperidine rings is 1. The van der Waals surface area contributed by atoms with E-state index >= 15 is 0 Å².